The molecule has 4 nitrogen and oxygen atoms in total. The minimum Gasteiger partial charge on any atom is -0.471 e. The second kappa shape index (κ2) is 7.91. The van der Waals surface area contributed by atoms with Crippen LogP contribution < -0.4 is 4.74 Å². The van der Waals surface area contributed by atoms with E-state index in [4.69, 9.17) is 9.47 Å². The number of hydrogen-bond acceptors (Lipinski definition) is 3. The molecule has 0 saturated carbocycles. The summed E-state index contributed by atoms with van der Waals surface area (Å²) >= 11 is 3.86. The molecule has 1 unspecified atom stereocenters. The van der Waals surface area contributed by atoms with E-state index in [2.05, 4.69) is 46.0 Å². The van der Waals surface area contributed by atoms with Gasteiger partial charge in [-0.05, 0) is 52.9 Å². The van der Waals surface area contributed by atoms with Crippen molar-refractivity contribution in [2.45, 2.75) is 24.8 Å². The standard InChI is InChI=1S/C24H22BrNO3/c1-3-24(25,29-22-14-7-10-16-9-5-6-11-17(16)22)19-12-8-13-20-18(19)15-21(26-20)23(27)28-4-2/h5-15,26H,3-4H2,1-2H3. The molecule has 0 spiro atoms. The molecule has 1 atom stereocenters. The van der Waals surface area contributed by atoms with Crippen molar-refractivity contribution < 1.29 is 14.3 Å². The van der Waals surface area contributed by atoms with Crippen molar-refractivity contribution in [1.82, 2.24) is 4.98 Å². The van der Waals surface area contributed by atoms with Crippen LogP contribution in [0, 0.1) is 0 Å². The van der Waals surface area contributed by atoms with Crippen LogP contribution in [0.25, 0.3) is 21.7 Å². The van der Waals surface area contributed by atoms with Gasteiger partial charge in [0.15, 0.2) is 4.51 Å². The zero-order chi connectivity index (χ0) is 20.4. The number of carbonyl (C=O) groups is 1. The molecule has 1 N–H and O–H groups in total. The van der Waals surface area contributed by atoms with Gasteiger partial charge < -0.3 is 14.5 Å². The van der Waals surface area contributed by atoms with Crippen LogP contribution in [0.5, 0.6) is 5.75 Å². The molecule has 0 radical (unpaired) electrons. The fourth-order valence-electron chi connectivity index (χ4n) is 3.58. The number of halogens is 1. The minimum absolute atomic E-state index is 0.336. The summed E-state index contributed by atoms with van der Waals surface area (Å²) < 4.78 is 11.0. The number of fused-ring (bicyclic) bond motifs is 2. The van der Waals surface area contributed by atoms with Crippen molar-refractivity contribution in [1.29, 1.82) is 0 Å². The molecule has 0 fully saturated rings. The fourth-order valence-corrected chi connectivity index (χ4v) is 4.10. The van der Waals surface area contributed by atoms with Crippen LogP contribution in [0.3, 0.4) is 0 Å². The molecule has 3 aromatic carbocycles. The Morgan fingerprint density at radius 1 is 1.00 bits per heavy atom. The summed E-state index contributed by atoms with van der Waals surface area (Å²) in [7, 11) is 0. The first-order valence-corrected chi connectivity index (χ1v) is 10.5. The molecule has 0 saturated heterocycles. The van der Waals surface area contributed by atoms with Crippen LogP contribution in [0.4, 0.5) is 0 Å². The molecule has 1 aromatic heterocycles. The highest BCUT2D eigenvalue weighted by Crippen LogP contribution is 2.42. The predicted octanol–water partition coefficient (Wildman–Crippen LogP) is 6.53. The van der Waals surface area contributed by atoms with Crippen molar-refractivity contribution in [2.75, 3.05) is 6.61 Å². The number of esters is 1. The molecular weight excluding hydrogens is 430 g/mol. The molecule has 1 heterocycles. The largest absolute Gasteiger partial charge is 0.471 e. The highest BCUT2D eigenvalue weighted by molar-refractivity contribution is 9.09. The molecule has 0 aliphatic carbocycles. The average Bonchev–Trinajstić information content (AvgIpc) is 3.18. The molecule has 4 aromatic rings. The number of aromatic nitrogens is 1. The maximum absolute atomic E-state index is 12.2. The Morgan fingerprint density at radius 2 is 1.76 bits per heavy atom. The summed E-state index contributed by atoms with van der Waals surface area (Å²) in [6, 6.07) is 22.0. The normalized spacial score (nSPS) is 13.3. The molecule has 5 heteroatoms. The molecule has 148 valence electrons. The molecule has 0 amide bonds. The predicted molar refractivity (Wildman–Crippen MR) is 120 cm³/mol. The summed E-state index contributed by atoms with van der Waals surface area (Å²) in [6.07, 6.45) is 0.690. The van der Waals surface area contributed by atoms with Gasteiger partial charge in [0.1, 0.15) is 11.4 Å². The Labute approximate surface area is 178 Å². The van der Waals surface area contributed by atoms with Gasteiger partial charge >= 0.3 is 5.97 Å². The third-order valence-electron chi connectivity index (χ3n) is 5.04. The van der Waals surface area contributed by atoms with Crippen LogP contribution in [0.15, 0.2) is 66.7 Å². The lowest BCUT2D eigenvalue weighted by Crippen LogP contribution is -2.25. The molecule has 0 aliphatic heterocycles. The van der Waals surface area contributed by atoms with E-state index in [0.29, 0.717) is 18.7 Å². The van der Waals surface area contributed by atoms with E-state index in [0.717, 1.165) is 33.0 Å². The molecule has 0 aliphatic rings. The van der Waals surface area contributed by atoms with Crippen LogP contribution in [0.2, 0.25) is 0 Å². The van der Waals surface area contributed by atoms with Crippen LogP contribution in [-0.4, -0.2) is 17.6 Å². The van der Waals surface area contributed by atoms with Gasteiger partial charge in [-0.25, -0.2) is 4.79 Å². The van der Waals surface area contributed by atoms with Gasteiger partial charge in [-0.3, -0.25) is 0 Å². The van der Waals surface area contributed by atoms with Crippen molar-refractivity contribution in [3.63, 3.8) is 0 Å². The maximum Gasteiger partial charge on any atom is 0.354 e. The Bertz CT molecular complexity index is 1180. The van der Waals surface area contributed by atoms with Gasteiger partial charge in [-0.1, -0.05) is 55.5 Å². The lowest BCUT2D eigenvalue weighted by Gasteiger charge is -2.29. The van der Waals surface area contributed by atoms with E-state index >= 15 is 0 Å². The zero-order valence-corrected chi connectivity index (χ0v) is 18.0. The Balaban J connectivity index is 1.80. The number of alkyl halides is 1. The molecular formula is C24H22BrNO3. The Kier molecular flexibility index (Phi) is 5.33. The second-order valence-electron chi connectivity index (χ2n) is 6.83. The van der Waals surface area contributed by atoms with Gasteiger partial charge in [0, 0.05) is 21.9 Å². The maximum atomic E-state index is 12.2. The smallest absolute Gasteiger partial charge is 0.354 e. The summed E-state index contributed by atoms with van der Waals surface area (Å²) in [4.78, 5) is 15.3. The van der Waals surface area contributed by atoms with E-state index in [1.54, 1.807) is 6.92 Å². The van der Waals surface area contributed by atoms with E-state index in [9.17, 15) is 4.79 Å². The zero-order valence-electron chi connectivity index (χ0n) is 16.4. The van der Waals surface area contributed by atoms with Gasteiger partial charge in [0.25, 0.3) is 0 Å². The summed E-state index contributed by atoms with van der Waals surface area (Å²) in [5.74, 6) is 0.446. The molecule has 4 rings (SSSR count). The highest BCUT2D eigenvalue weighted by Gasteiger charge is 2.32. The topological polar surface area (TPSA) is 51.3 Å². The number of rotatable bonds is 6. The van der Waals surface area contributed by atoms with Crippen LogP contribution in [-0.2, 0) is 9.25 Å². The van der Waals surface area contributed by atoms with Crippen molar-refractivity contribution >= 4 is 43.6 Å². The Hall–Kier alpha value is -2.79. The second-order valence-corrected chi connectivity index (χ2v) is 8.11. The number of H-pyrrole nitrogens is 1. The summed E-state index contributed by atoms with van der Waals surface area (Å²) in [5, 5.41) is 3.11. The van der Waals surface area contributed by atoms with Crippen molar-refractivity contribution in [3.05, 3.63) is 78.0 Å². The first-order chi connectivity index (χ1) is 14.1. The fraction of sp³-hybridized carbons (Fsp3) is 0.208. The summed E-state index contributed by atoms with van der Waals surface area (Å²) in [5.41, 5.74) is 2.26. The lowest BCUT2D eigenvalue weighted by molar-refractivity contribution is 0.0520. The van der Waals surface area contributed by atoms with E-state index < -0.39 is 4.51 Å². The van der Waals surface area contributed by atoms with Crippen molar-refractivity contribution in [3.8, 4) is 5.75 Å². The van der Waals surface area contributed by atoms with Gasteiger partial charge in [-0.15, -0.1) is 0 Å². The molecule has 0 bridgehead atoms. The third-order valence-corrected chi connectivity index (χ3v) is 6.19. The third kappa shape index (κ3) is 3.62. The van der Waals surface area contributed by atoms with E-state index in [1.165, 1.54) is 0 Å². The highest BCUT2D eigenvalue weighted by atomic mass is 79.9. The monoisotopic (exact) mass is 451 g/mol. The number of hydrogen-bond donors (Lipinski definition) is 1. The van der Waals surface area contributed by atoms with Crippen LogP contribution in [0.1, 0.15) is 36.3 Å². The number of nitrogens with one attached hydrogen (secondary N) is 1. The first-order valence-electron chi connectivity index (χ1n) is 9.70. The number of carbonyl (C=O) groups excluding carboxylic acids is 1. The Morgan fingerprint density at radius 3 is 2.55 bits per heavy atom. The van der Waals surface area contributed by atoms with Gasteiger partial charge in [0.05, 0.1) is 6.61 Å². The van der Waals surface area contributed by atoms with E-state index in [-0.39, 0.29) is 5.97 Å². The summed E-state index contributed by atoms with van der Waals surface area (Å²) in [6.45, 7) is 4.20. The SMILES string of the molecule is CCOC(=O)c1cc2c(C(Br)(CC)Oc3cccc4ccccc34)cccc2[nH]1. The van der Waals surface area contributed by atoms with Crippen molar-refractivity contribution in [2.24, 2.45) is 0 Å². The first kappa shape index (κ1) is 19.5. The quantitative estimate of drug-likeness (QED) is 0.267. The van der Waals surface area contributed by atoms with Gasteiger partial charge in [-0.2, -0.15) is 0 Å². The minimum atomic E-state index is -0.745. The number of benzene rings is 3. The number of aromatic amines is 1. The van der Waals surface area contributed by atoms with Crippen LogP contribution >= 0.6 is 15.9 Å². The average molecular weight is 452 g/mol. The number of ether oxygens (including phenoxy) is 2. The lowest BCUT2D eigenvalue weighted by atomic mass is 10.0. The molecule has 29 heavy (non-hydrogen) atoms. The van der Waals surface area contributed by atoms with Gasteiger partial charge in [0.2, 0.25) is 0 Å². The van der Waals surface area contributed by atoms with E-state index in [1.807, 2.05) is 48.5 Å².